The number of aryl methyl sites for hydroxylation is 1. The van der Waals surface area contributed by atoms with Crippen LogP contribution in [0, 0.1) is 12.7 Å². The molecule has 3 rings (SSSR count). The first-order valence-electron chi connectivity index (χ1n) is 7.46. The van der Waals surface area contributed by atoms with E-state index < -0.39 is 0 Å². The van der Waals surface area contributed by atoms with E-state index >= 15 is 0 Å². The topological polar surface area (TPSA) is 51.0 Å². The molecule has 0 aliphatic rings. The van der Waals surface area contributed by atoms with E-state index in [2.05, 4.69) is 10.3 Å². The van der Waals surface area contributed by atoms with Gasteiger partial charge in [0.05, 0.1) is 19.3 Å². The molecule has 3 aromatic rings. The van der Waals surface area contributed by atoms with Crippen molar-refractivity contribution in [2.75, 3.05) is 7.05 Å². The highest BCUT2D eigenvalue weighted by Crippen LogP contribution is 2.18. The van der Waals surface area contributed by atoms with Crippen molar-refractivity contribution in [1.29, 1.82) is 0 Å². The Bertz CT molecular complexity index is 858. The molecule has 124 valence electrons. The van der Waals surface area contributed by atoms with Crippen molar-refractivity contribution in [2.45, 2.75) is 20.0 Å². The third-order valence-electron chi connectivity index (χ3n) is 3.69. The molecule has 0 unspecified atom stereocenters. The Morgan fingerprint density at radius 3 is 2.92 bits per heavy atom. The summed E-state index contributed by atoms with van der Waals surface area (Å²) in [6, 6.07) is 8.31. The highest BCUT2D eigenvalue weighted by atomic mass is 32.1. The number of carbonyl (C=O) groups is 1. The van der Waals surface area contributed by atoms with Gasteiger partial charge < -0.3 is 4.90 Å². The van der Waals surface area contributed by atoms with Gasteiger partial charge in [0.1, 0.15) is 5.82 Å². The smallest absolute Gasteiger partial charge is 0.276 e. The van der Waals surface area contributed by atoms with Crippen LogP contribution >= 0.6 is 11.3 Å². The fraction of sp³-hybridized carbons (Fsp3) is 0.235. The van der Waals surface area contributed by atoms with Crippen LogP contribution in [0.15, 0.2) is 41.9 Å². The molecular formula is C17H17FN4OS. The molecule has 2 heterocycles. The minimum absolute atomic E-state index is 0.187. The van der Waals surface area contributed by atoms with Gasteiger partial charge in [0.25, 0.3) is 5.91 Å². The maximum Gasteiger partial charge on any atom is 0.276 e. The second-order valence-corrected chi connectivity index (χ2v) is 6.62. The monoisotopic (exact) mass is 344 g/mol. The molecule has 0 fully saturated rings. The molecule has 2 aromatic heterocycles. The van der Waals surface area contributed by atoms with Gasteiger partial charge in [0.15, 0.2) is 5.69 Å². The standard InChI is InChI=1S/C17H17FN4OS/c1-12-6-7-24-16(12)11-21(2)17(23)15-10-22(20-19-15)9-13-4-3-5-14(18)8-13/h3-8,10H,9,11H2,1-2H3. The lowest BCUT2D eigenvalue weighted by Crippen LogP contribution is -2.26. The van der Waals surface area contributed by atoms with E-state index in [0.29, 0.717) is 13.1 Å². The van der Waals surface area contributed by atoms with Gasteiger partial charge in [0.2, 0.25) is 0 Å². The van der Waals surface area contributed by atoms with Crippen LogP contribution in [0.1, 0.15) is 26.5 Å². The predicted octanol–water partition coefficient (Wildman–Crippen LogP) is 3.11. The lowest BCUT2D eigenvalue weighted by atomic mass is 10.2. The third kappa shape index (κ3) is 3.68. The molecule has 0 aliphatic carbocycles. The van der Waals surface area contributed by atoms with E-state index in [1.165, 1.54) is 22.4 Å². The minimum atomic E-state index is -0.296. The van der Waals surface area contributed by atoms with Crippen molar-refractivity contribution in [1.82, 2.24) is 19.9 Å². The molecule has 24 heavy (non-hydrogen) atoms. The molecular weight excluding hydrogens is 327 g/mol. The summed E-state index contributed by atoms with van der Waals surface area (Å²) in [6.45, 7) is 2.93. The Morgan fingerprint density at radius 1 is 1.38 bits per heavy atom. The van der Waals surface area contributed by atoms with Crippen LogP contribution in [0.5, 0.6) is 0 Å². The first kappa shape index (κ1) is 16.3. The number of halogens is 1. The molecule has 0 bridgehead atoms. The van der Waals surface area contributed by atoms with Gasteiger partial charge in [-0.3, -0.25) is 4.79 Å². The van der Waals surface area contributed by atoms with Gasteiger partial charge in [-0.15, -0.1) is 16.4 Å². The molecule has 0 N–H and O–H groups in total. The molecule has 5 nitrogen and oxygen atoms in total. The van der Waals surface area contributed by atoms with Gasteiger partial charge in [-0.05, 0) is 41.6 Å². The molecule has 7 heteroatoms. The summed E-state index contributed by atoms with van der Waals surface area (Å²) < 4.78 is 14.8. The largest absolute Gasteiger partial charge is 0.335 e. The third-order valence-corrected chi connectivity index (χ3v) is 4.69. The Balaban J connectivity index is 1.68. The van der Waals surface area contributed by atoms with Gasteiger partial charge in [-0.1, -0.05) is 17.3 Å². The molecule has 0 saturated heterocycles. The highest BCUT2D eigenvalue weighted by Gasteiger charge is 2.17. The zero-order valence-electron chi connectivity index (χ0n) is 13.4. The normalized spacial score (nSPS) is 10.8. The maximum absolute atomic E-state index is 13.2. The summed E-state index contributed by atoms with van der Waals surface area (Å²) in [5.41, 5.74) is 2.22. The van der Waals surface area contributed by atoms with Crippen LogP contribution in [0.4, 0.5) is 4.39 Å². The fourth-order valence-corrected chi connectivity index (χ4v) is 3.30. The Kier molecular flexibility index (Phi) is 4.71. The van der Waals surface area contributed by atoms with Gasteiger partial charge in [0, 0.05) is 11.9 Å². The second-order valence-electron chi connectivity index (χ2n) is 5.62. The molecule has 1 amide bonds. The number of benzene rings is 1. The van der Waals surface area contributed by atoms with Gasteiger partial charge in [-0.25, -0.2) is 9.07 Å². The van der Waals surface area contributed by atoms with Crippen LogP contribution < -0.4 is 0 Å². The number of hydrogen-bond donors (Lipinski definition) is 0. The summed E-state index contributed by atoms with van der Waals surface area (Å²) in [7, 11) is 1.74. The van der Waals surface area contributed by atoms with Crippen LogP contribution in [-0.4, -0.2) is 32.8 Å². The summed E-state index contributed by atoms with van der Waals surface area (Å²) in [4.78, 5) is 15.2. The number of rotatable bonds is 5. The van der Waals surface area contributed by atoms with Crippen LogP contribution in [0.25, 0.3) is 0 Å². The van der Waals surface area contributed by atoms with Crippen LogP contribution in [0.3, 0.4) is 0 Å². The first-order chi connectivity index (χ1) is 11.5. The first-order valence-corrected chi connectivity index (χ1v) is 8.34. The maximum atomic E-state index is 13.2. The predicted molar refractivity (Wildman–Crippen MR) is 90.4 cm³/mol. The molecule has 0 aliphatic heterocycles. The van der Waals surface area contributed by atoms with E-state index in [1.54, 1.807) is 41.6 Å². The number of aromatic nitrogens is 3. The summed E-state index contributed by atoms with van der Waals surface area (Å²) in [5, 5.41) is 9.91. The molecule has 0 spiro atoms. The van der Waals surface area contributed by atoms with E-state index in [4.69, 9.17) is 0 Å². The van der Waals surface area contributed by atoms with Gasteiger partial charge in [-0.2, -0.15) is 0 Å². The van der Waals surface area contributed by atoms with Crippen LogP contribution in [-0.2, 0) is 13.1 Å². The molecule has 0 radical (unpaired) electrons. The zero-order chi connectivity index (χ0) is 17.1. The van der Waals surface area contributed by atoms with E-state index in [-0.39, 0.29) is 17.4 Å². The Hall–Kier alpha value is -2.54. The summed E-state index contributed by atoms with van der Waals surface area (Å²) in [6.07, 6.45) is 1.59. The number of carbonyl (C=O) groups excluding carboxylic acids is 1. The van der Waals surface area contributed by atoms with Crippen molar-refractivity contribution in [3.8, 4) is 0 Å². The zero-order valence-corrected chi connectivity index (χ0v) is 14.3. The SMILES string of the molecule is Cc1ccsc1CN(C)C(=O)c1cn(Cc2cccc(F)c2)nn1. The number of amides is 1. The number of thiophene rings is 1. The lowest BCUT2D eigenvalue weighted by molar-refractivity contribution is 0.0780. The van der Waals surface area contributed by atoms with E-state index in [9.17, 15) is 9.18 Å². The number of nitrogens with zero attached hydrogens (tertiary/aromatic N) is 4. The second kappa shape index (κ2) is 6.92. The van der Waals surface area contributed by atoms with Crippen molar-refractivity contribution in [3.63, 3.8) is 0 Å². The van der Waals surface area contributed by atoms with E-state index in [0.717, 1.165) is 10.4 Å². The van der Waals surface area contributed by atoms with Crippen molar-refractivity contribution in [3.05, 3.63) is 69.4 Å². The lowest BCUT2D eigenvalue weighted by Gasteiger charge is -2.15. The minimum Gasteiger partial charge on any atom is -0.335 e. The van der Waals surface area contributed by atoms with Crippen LogP contribution in [0.2, 0.25) is 0 Å². The van der Waals surface area contributed by atoms with Gasteiger partial charge >= 0.3 is 0 Å². The summed E-state index contributed by atoms with van der Waals surface area (Å²) >= 11 is 1.63. The Morgan fingerprint density at radius 2 is 2.21 bits per heavy atom. The quantitative estimate of drug-likeness (QED) is 0.715. The summed E-state index contributed by atoms with van der Waals surface area (Å²) in [5.74, 6) is -0.483. The Labute approximate surface area is 143 Å². The number of hydrogen-bond acceptors (Lipinski definition) is 4. The average molecular weight is 344 g/mol. The average Bonchev–Trinajstić information content (AvgIpc) is 3.16. The van der Waals surface area contributed by atoms with E-state index in [1.807, 2.05) is 18.4 Å². The van der Waals surface area contributed by atoms with Crippen molar-refractivity contribution >= 4 is 17.2 Å². The molecule has 0 saturated carbocycles. The molecule has 1 aromatic carbocycles. The molecule has 0 atom stereocenters. The van der Waals surface area contributed by atoms with Crippen molar-refractivity contribution in [2.24, 2.45) is 0 Å². The fourth-order valence-electron chi connectivity index (χ4n) is 2.34. The highest BCUT2D eigenvalue weighted by molar-refractivity contribution is 7.10. The van der Waals surface area contributed by atoms with Crippen molar-refractivity contribution < 1.29 is 9.18 Å².